The van der Waals surface area contributed by atoms with Gasteiger partial charge >= 0.3 is 16.5 Å². The summed E-state index contributed by atoms with van der Waals surface area (Å²) in [4.78, 5) is 3.99. The van der Waals surface area contributed by atoms with Gasteiger partial charge in [0, 0.05) is 0 Å². The molecule has 9 heavy (non-hydrogen) atoms. The van der Waals surface area contributed by atoms with Crippen molar-refractivity contribution >= 4 is 5.84 Å². The molecule has 0 atom stereocenters. The predicted molar refractivity (Wildman–Crippen MR) is 39.3 cm³/mol. The second kappa shape index (κ2) is 10.9. The van der Waals surface area contributed by atoms with E-state index in [1.54, 1.807) is 7.05 Å². The van der Waals surface area contributed by atoms with Crippen molar-refractivity contribution in [3.05, 3.63) is 12.7 Å². The van der Waals surface area contributed by atoms with Crippen molar-refractivity contribution in [1.29, 1.82) is 0 Å². The first kappa shape index (κ1) is 16.0. The van der Waals surface area contributed by atoms with Gasteiger partial charge in [-0.2, -0.15) is 0 Å². The van der Waals surface area contributed by atoms with Crippen molar-refractivity contribution < 1.29 is 16.5 Å². The number of nitrogens with zero attached hydrogens (tertiary/aromatic N) is 2. The Morgan fingerprint density at radius 2 is 2.00 bits per heavy atom. The zero-order valence-electron chi connectivity index (χ0n) is 6.42. The van der Waals surface area contributed by atoms with Crippen LogP contribution in [0.5, 0.6) is 0 Å². The molecule has 0 radical (unpaired) electrons. The second-order valence-electron chi connectivity index (χ2n) is 1.25. The summed E-state index contributed by atoms with van der Waals surface area (Å²) in [5.41, 5.74) is 0. The minimum absolute atomic E-state index is 0. The van der Waals surface area contributed by atoms with Crippen LogP contribution in [0.3, 0.4) is 0 Å². The van der Waals surface area contributed by atoms with Gasteiger partial charge in [-0.15, -0.1) is 0 Å². The molecule has 0 aliphatic carbocycles. The molecule has 0 heterocycles. The predicted octanol–water partition coefficient (Wildman–Crippen LogP) is 1.88. The molecule has 2 nitrogen and oxygen atoms in total. The van der Waals surface area contributed by atoms with Gasteiger partial charge in [0.15, 0.2) is 0 Å². The molecule has 0 amide bonds. The molecule has 0 aromatic rings. The fourth-order valence-electron chi connectivity index (χ4n) is 0.300. The SMILES string of the molecule is CCN=C(C)[N-]C.[CH3-].[Ni+2]. The van der Waals surface area contributed by atoms with Crippen LogP contribution in [0, 0.1) is 7.43 Å². The average molecular weight is 173 g/mol. The smallest absolute Gasteiger partial charge is 0.473 e. The van der Waals surface area contributed by atoms with Gasteiger partial charge in [0.1, 0.15) is 0 Å². The van der Waals surface area contributed by atoms with Crippen molar-refractivity contribution in [2.45, 2.75) is 13.8 Å². The molecule has 0 bridgehead atoms. The Morgan fingerprint density at radius 1 is 1.56 bits per heavy atom. The Morgan fingerprint density at radius 3 is 2.11 bits per heavy atom. The van der Waals surface area contributed by atoms with E-state index in [1.807, 2.05) is 13.8 Å². The third-order valence-electron chi connectivity index (χ3n) is 0.711. The van der Waals surface area contributed by atoms with Crippen LogP contribution >= 0.6 is 0 Å². The van der Waals surface area contributed by atoms with Gasteiger partial charge in [0.25, 0.3) is 0 Å². The molecular formula is C6H14N2Ni. The van der Waals surface area contributed by atoms with E-state index in [-0.39, 0.29) is 23.9 Å². The summed E-state index contributed by atoms with van der Waals surface area (Å²) >= 11 is 0. The van der Waals surface area contributed by atoms with Crippen molar-refractivity contribution in [2.24, 2.45) is 4.99 Å². The van der Waals surface area contributed by atoms with Gasteiger partial charge in [0.2, 0.25) is 0 Å². The van der Waals surface area contributed by atoms with Gasteiger partial charge < -0.3 is 17.7 Å². The molecule has 0 aliphatic heterocycles. The molecule has 0 unspecified atom stereocenters. The number of rotatable bonds is 1. The third-order valence-corrected chi connectivity index (χ3v) is 0.711. The van der Waals surface area contributed by atoms with E-state index in [0.29, 0.717) is 0 Å². The molecule has 0 spiro atoms. The Bertz CT molecular complexity index is 71.5. The van der Waals surface area contributed by atoms with Crippen LogP contribution in [0.1, 0.15) is 13.8 Å². The van der Waals surface area contributed by atoms with Crippen LogP contribution in [0.2, 0.25) is 0 Å². The number of aliphatic imine (C=N–C) groups is 1. The van der Waals surface area contributed by atoms with E-state index in [9.17, 15) is 0 Å². The topological polar surface area (TPSA) is 26.5 Å². The molecule has 3 heteroatoms. The Labute approximate surface area is 68.1 Å². The minimum atomic E-state index is 0. The van der Waals surface area contributed by atoms with E-state index < -0.39 is 0 Å². The summed E-state index contributed by atoms with van der Waals surface area (Å²) < 4.78 is 0. The quantitative estimate of drug-likeness (QED) is 0.250. The third kappa shape index (κ3) is 11.5. The average Bonchev–Trinajstić information content (AvgIpc) is 1.68. The minimum Gasteiger partial charge on any atom is -0.473 e. The molecule has 0 aromatic carbocycles. The molecule has 0 aliphatic rings. The summed E-state index contributed by atoms with van der Waals surface area (Å²) in [7, 11) is 1.74. The zero-order valence-corrected chi connectivity index (χ0v) is 7.41. The van der Waals surface area contributed by atoms with Crippen LogP contribution < -0.4 is 0 Å². The summed E-state index contributed by atoms with van der Waals surface area (Å²) in [5.74, 6) is 0.877. The Kier molecular flexibility index (Phi) is 19.3. The summed E-state index contributed by atoms with van der Waals surface area (Å²) in [5, 5.41) is 3.83. The Hall–Kier alpha value is -0.0365. The van der Waals surface area contributed by atoms with Gasteiger partial charge in [-0.1, -0.05) is 26.4 Å². The van der Waals surface area contributed by atoms with E-state index in [1.165, 1.54) is 0 Å². The van der Waals surface area contributed by atoms with Crippen molar-refractivity contribution in [2.75, 3.05) is 13.6 Å². The van der Waals surface area contributed by atoms with E-state index in [2.05, 4.69) is 10.3 Å². The molecule has 0 rings (SSSR count). The monoisotopic (exact) mass is 172 g/mol. The van der Waals surface area contributed by atoms with Crippen molar-refractivity contribution in [3.63, 3.8) is 0 Å². The second-order valence-corrected chi connectivity index (χ2v) is 1.25. The molecule has 0 saturated heterocycles. The molecular weight excluding hydrogens is 159 g/mol. The maximum absolute atomic E-state index is 3.99. The van der Waals surface area contributed by atoms with Crippen LogP contribution in [-0.4, -0.2) is 19.4 Å². The van der Waals surface area contributed by atoms with Crippen LogP contribution in [0.4, 0.5) is 0 Å². The van der Waals surface area contributed by atoms with E-state index >= 15 is 0 Å². The van der Waals surface area contributed by atoms with Crippen LogP contribution in [0.15, 0.2) is 4.99 Å². The molecule has 58 valence electrons. The van der Waals surface area contributed by atoms with E-state index in [4.69, 9.17) is 0 Å². The normalized spacial score (nSPS) is 9.00. The summed E-state index contributed by atoms with van der Waals surface area (Å²) in [6, 6.07) is 0. The van der Waals surface area contributed by atoms with Gasteiger partial charge in [0.05, 0.1) is 0 Å². The largest absolute Gasteiger partial charge is 2.00 e. The fourth-order valence-corrected chi connectivity index (χ4v) is 0.300. The number of hydrogen-bond acceptors (Lipinski definition) is 1. The summed E-state index contributed by atoms with van der Waals surface area (Å²) in [6.07, 6.45) is 0. The first-order chi connectivity index (χ1) is 3.31. The fraction of sp³-hybridized carbons (Fsp3) is 0.667. The molecule has 0 N–H and O–H groups in total. The number of amidine groups is 1. The maximum atomic E-state index is 3.99. The zero-order chi connectivity index (χ0) is 5.70. The standard InChI is InChI=1S/C5H11N2.CH3.Ni/c1-4-7-5(2)6-3;;/h4H2,1-3H3;1H3;/q2*-1;+2. The van der Waals surface area contributed by atoms with Crippen molar-refractivity contribution in [1.82, 2.24) is 0 Å². The first-order valence-electron chi connectivity index (χ1n) is 2.42. The maximum Gasteiger partial charge on any atom is 2.00 e. The number of hydrogen-bond donors (Lipinski definition) is 0. The summed E-state index contributed by atoms with van der Waals surface area (Å²) in [6.45, 7) is 4.72. The van der Waals surface area contributed by atoms with E-state index in [0.717, 1.165) is 12.4 Å². The first-order valence-corrected chi connectivity index (χ1v) is 2.42. The Balaban J connectivity index is -0.000000180. The molecule has 0 aromatic heterocycles. The van der Waals surface area contributed by atoms with Crippen LogP contribution in [-0.2, 0) is 16.5 Å². The van der Waals surface area contributed by atoms with Gasteiger partial charge in [-0.25, -0.2) is 0 Å². The van der Waals surface area contributed by atoms with Gasteiger partial charge in [-0.3, -0.25) is 0 Å². The molecule has 0 saturated carbocycles. The van der Waals surface area contributed by atoms with Gasteiger partial charge in [-0.05, 0) is 6.92 Å². The van der Waals surface area contributed by atoms with Crippen LogP contribution in [0.25, 0.3) is 5.32 Å². The van der Waals surface area contributed by atoms with Crippen molar-refractivity contribution in [3.8, 4) is 0 Å². The molecule has 0 fully saturated rings.